The van der Waals surface area contributed by atoms with E-state index in [0.29, 0.717) is 13.1 Å². The first kappa shape index (κ1) is 12.1. The molecule has 94 valence electrons. The first-order chi connectivity index (χ1) is 8.08. The normalized spacial score (nSPS) is 24.6. The second-order valence-corrected chi connectivity index (χ2v) is 4.63. The number of carbonyl (C=O) groups is 1. The Hall–Kier alpha value is -1.40. The van der Waals surface area contributed by atoms with E-state index in [0.717, 1.165) is 0 Å². The van der Waals surface area contributed by atoms with Crippen LogP contribution in [-0.4, -0.2) is 69.7 Å². The largest absolute Gasteiger partial charge is 0.390 e. The number of likely N-dealkylation sites (N-methyl/N-ethyl adjacent to an activating group) is 1. The van der Waals surface area contributed by atoms with Gasteiger partial charge in [-0.1, -0.05) is 0 Å². The lowest BCUT2D eigenvalue weighted by atomic mass is 10.2. The molecule has 17 heavy (non-hydrogen) atoms. The molecule has 1 fully saturated rings. The summed E-state index contributed by atoms with van der Waals surface area (Å²) in [6, 6.07) is 0.0294. The molecule has 1 amide bonds. The number of aromatic nitrogens is 2. The molecule has 0 radical (unpaired) electrons. The maximum atomic E-state index is 12.0. The summed E-state index contributed by atoms with van der Waals surface area (Å²) in [7, 11) is 3.83. The molecule has 1 aromatic heterocycles. The van der Waals surface area contributed by atoms with Crippen LogP contribution in [0.5, 0.6) is 0 Å². The summed E-state index contributed by atoms with van der Waals surface area (Å²) in [6.45, 7) is 1.28. The maximum Gasteiger partial charge on any atom is 0.242 e. The van der Waals surface area contributed by atoms with Crippen LogP contribution in [0.2, 0.25) is 0 Å². The summed E-state index contributed by atoms with van der Waals surface area (Å²) in [6.07, 6.45) is 4.56. The summed E-state index contributed by atoms with van der Waals surface area (Å²) >= 11 is 0. The highest BCUT2D eigenvalue weighted by Crippen LogP contribution is 2.14. The number of carbonyl (C=O) groups excluding carboxylic acids is 1. The van der Waals surface area contributed by atoms with Crippen LogP contribution < -0.4 is 0 Å². The third kappa shape index (κ3) is 2.65. The van der Waals surface area contributed by atoms with Crippen molar-refractivity contribution in [1.29, 1.82) is 0 Å². The van der Waals surface area contributed by atoms with E-state index in [1.165, 1.54) is 0 Å². The van der Waals surface area contributed by atoms with Crippen molar-refractivity contribution in [3.8, 4) is 0 Å². The molecule has 6 heteroatoms. The quantitative estimate of drug-likeness (QED) is 0.735. The smallest absolute Gasteiger partial charge is 0.242 e. The monoisotopic (exact) mass is 238 g/mol. The van der Waals surface area contributed by atoms with Gasteiger partial charge in [-0.25, -0.2) is 4.98 Å². The first-order valence-corrected chi connectivity index (χ1v) is 5.66. The van der Waals surface area contributed by atoms with Crippen molar-refractivity contribution in [3.63, 3.8) is 0 Å². The van der Waals surface area contributed by atoms with Gasteiger partial charge in [-0.15, -0.1) is 0 Å². The van der Waals surface area contributed by atoms with Gasteiger partial charge in [0, 0.05) is 25.5 Å². The predicted molar refractivity (Wildman–Crippen MR) is 62.3 cm³/mol. The molecule has 1 aliphatic rings. The van der Waals surface area contributed by atoms with Gasteiger partial charge < -0.3 is 19.5 Å². The topological polar surface area (TPSA) is 61.6 Å². The third-order valence-electron chi connectivity index (χ3n) is 3.15. The van der Waals surface area contributed by atoms with Crippen LogP contribution in [0.25, 0.3) is 0 Å². The molecular weight excluding hydrogens is 220 g/mol. The molecule has 0 saturated carbocycles. The number of aliphatic hydroxyl groups excluding tert-OH is 1. The second-order valence-electron chi connectivity index (χ2n) is 4.63. The van der Waals surface area contributed by atoms with Gasteiger partial charge >= 0.3 is 0 Å². The molecule has 1 aromatic rings. The van der Waals surface area contributed by atoms with Crippen LogP contribution in [0.4, 0.5) is 0 Å². The van der Waals surface area contributed by atoms with Crippen LogP contribution in [0, 0.1) is 0 Å². The Morgan fingerprint density at radius 1 is 1.53 bits per heavy atom. The maximum absolute atomic E-state index is 12.0. The van der Waals surface area contributed by atoms with Crippen LogP contribution in [0.1, 0.15) is 0 Å². The van der Waals surface area contributed by atoms with E-state index in [4.69, 9.17) is 0 Å². The Balaban J connectivity index is 1.93. The number of aliphatic hydroxyl groups is 1. The molecule has 2 rings (SSSR count). The van der Waals surface area contributed by atoms with Crippen LogP contribution in [0.15, 0.2) is 18.7 Å². The minimum atomic E-state index is -0.461. The van der Waals surface area contributed by atoms with Crippen molar-refractivity contribution >= 4 is 5.91 Å². The lowest BCUT2D eigenvalue weighted by Gasteiger charge is -2.21. The summed E-state index contributed by atoms with van der Waals surface area (Å²) in [5.41, 5.74) is 0. The molecule has 1 aliphatic heterocycles. The molecule has 2 atom stereocenters. The molecule has 0 spiro atoms. The van der Waals surface area contributed by atoms with Gasteiger partial charge in [0.25, 0.3) is 0 Å². The zero-order chi connectivity index (χ0) is 12.4. The van der Waals surface area contributed by atoms with Crippen molar-refractivity contribution in [2.24, 2.45) is 0 Å². The van der Waals surface area contributed by atoms with Crippen LogP contribution in [0.3, 0.4) is 0 Å². The van der Waals surface area contributed by atoms with E-state index >= 15 is 0 Å². The van der Waals surface area contributed by atoms with Gasteiger partial charge in [0.2, 0.25) is 5.91 Å². The van der Waals surface area contributed by atoms with Gasteiger partial charge in [-0.05, 0) is 14.1 Å². The van der Waals surface area contributed by atoms with E-state index in [1.54, 1.807) is 28.2 Å². The number of rotatable bonds is 3. The molecule has 0 unspecified atom stereocenters. The summed E-state index contributed by atoms with van der Waals surface area (Å²) < 4.78 is 1.73. The lowest BCUT2D eigenvalue weighted by molar-refractivity contribution is -0.131. The SMILES string of the molecule is CN(C)[C@@H]1CN(C(=O)Cn2ccnc2)C[C@H]1O. The van der Waals surface area contributed by atoms with Crippen molar-refractivity contribution in [1.82, 2.24) is 19.4 Å². The number of hydrogen-bond donors (Lipinski definition) is 1. The Kier molecular flexibility index (Phi) is 3.44. The molecule has 0 aliphatic carbocycles. The lowest BCUT2D eigenvalue weighted by Crippen LogP contribution is -2.38. The van der Waals surface area contributed by atoms with E-state index in [9.17, 15) is 9.90 Å². The summed E-state index contributed by atoms with van der Waals surface area (Å²) in [4.78, 5) is 19.5. The highest BCUT2D eigenvalue weighted by Gasteiger charge is 2.34. The van der Waals surface area contributed by atoms with Gasteiger partial charge in [0.1, 0.15) is 6.54 Å². The average Bonchev–Trinajstić information content (AvgIpc) is 2.86. The number of likely N-dealkylation sites (tertiary alicyclic amines) is 1. The number of imidazole rings is 1. The van der Waals surface area contributed by atoms with Gasteiger partial charge in [0.15, 0.2) is 0 Å². The average molecular weight is 238 g/mol. The molecule has 0 aromatic carbocycles. The van der Waals surface area contributed by atoms with Gasteiger partial charge in [-0.3, -0.25) is 4.79 Å². The summed E-state index contributed by atoms with van der Waals surface area (Å²) in [5, 5.41) is 9.85. The van der Waals surface area contributed by atoms with Crippen LogP contribution >= 0.6 is 0 Å². The number of amides is 1. The minimum Gasteiger partial charge on any atom is -0.390 e. The van der Waals surface area contributed by atoms with Gasteiger partial charge in [-0.2, -0.15) is 0 Å². The van der Waals surface area contributed by atoms with E-state index in [-0.39, 0.29) is 18.5 Å². The fourth-order valence-corrected chi connectivity index (χ4v) is 2.12. The Morgan fingerprint density at radius 2 is 2.29 bits per heavy atom. The van der Waals surface area contributed by atoms with Crippen molar-refractivity contribution in [2.45, 2.75) is 18.7 Å². The minimum absolute atomic E-state index is 0.0198. The molecule has 2 heterocycles. The van der Waals surface area contributed by atoms with E-state index in [2.05, 4.69) is 4.98 Å². The highest BCUT2D eigenvalue weighted by atomic mass is 16.3. The summed E-state index contributed by atoms with van der Waals surface area (Å²) in [5.74, 6) is 0.0198. The van der Waals surface area contributed by atoms with E-state index < -0.39 is 6.10 Å². The Labute approximate surface area is 100 Å². The molecule has 1 saturated heterocycles. The number of hydrogen-bond acceptors (Lipinski definition) is 4. The highest BCUT2D eigenvalue weighted by molar-refractivity contribution is 5.76. The first-order valence-electron chi connectivity index (χ1n) is 5.66. The number of β-amino-alcohol motifs (C(OH)–C–C–N with tert-alkyl or cyclic N) is 1. The zero-order valence-electron chi connectivity index (χ0n) is 10.2. The Bertz CT molecular complexity index is 377. The Morgan fingerprint density at radius 3 is 2.82 bits per heavy atom. The van der Waals surface area contributed by atoms with Crippen molar-refractivity contribution in [3.05, 3.63) is 18.7 Å². The van der Waals surface area contributed by atoms with Crippen LogP contribution in [-0.2, 0) is 11.3 Å². The van der Waals surface area contributed by atoms with E-state index in [1.807, 2.05) is 19.0 Å². The van der Waals surface area contributed by atoms with Crippen molar-refractivity contribution in [2.75, 3.05) is 27.2 Å². The standard InChI is InChI=1S/C11H18N4O2/c1-13(2)9-5-15(6-10(9)16)11(17)7-14-4-3-12-8-14/h3-4,8-10,16H,5-7H2,1-2H3/t9-,10-/m1/s1. The zero-order valence-corrected chi connectivity index (χ0v) is 10.2. The molecule has 0 bridgehead atoms. The molecule has 1 N–H and O–H groups in total. The van der Waals surface area contributed by atoms with Gasteiger partial charge in [0.05, 0.1) is 18.5 Å². The number of nitrogens with zero attached hydrogens (tertiary/aromatic N) is 4. The fourth-order valence-electron chi connectivity index (χ4n) is 2.12. The molecular formula is C11H18N4O2. The molecule has 6 nitrogen and oxygen atoms in total. The third-order valence-corrected chi connectivity index (χ3v) is 3.15. The fraction of sp³-hybridized carbons (Fsp3) is 0.636. The second kappa shape index (κ2) is 4.85. The predicted octanol–water partition coefficient (Wildman–Crippen LogP) is -0.984. The van der Waals surface area contributed by atoms with Crippen molar-refractivity contribution < 1.29 is 9.90 Å².